The molecular weight excluding hydrogens is 276 g/mol. The maximum atomic E-state index is 12.6. The van der Waals surface area contributed by atoms with E-state index in [4.69, 9.17) is 4.74 Å². The fraction of sp³-hybridized carbons (Fsp3) is 0.611. The van der Waals surface area contributed by atoms with Crippen LogP contribution in [0, 0.1) is 0 Å². The summed E-state index contributed by atoms with van der Waals surface area (Å²) in [6, 6.07) is 8.14. The number of ether oxygens (including phenoxy) is 1. The highest BCUT2D eigenvalue weighted by Crippen LogP contribution is 2.21. The van der Waals surface area contributed by atoms with Crippen LogP contribution in [0.4, 0.5) is 5.69 Å². The van der Waals surface area contributed by atoms with Crippen LogP contribution in [-0.4, -0.2) is 49.7 Å². The fourth-order valence-electron chi connectivity index (χ4n) is 3.33. The van der Waals surface area contributed by atoms with E-state index in [-0.39, 0.29) is 12.0 Å². The normalized spacial score (nSPS) is 23.2. The lowest BCUT2D eigenvalue weighted by Gasteiger charge is -2.29. The third-order valence-electron chi connectivity index (χ3n) is 4.57. The SMILES string of the molecule is CC1CN(C(=O)c2ccc(N3CCCCC3)cc2)CCCO1. The molecule has 2 fully saturated rings. The van der Waals surface area contributed by atoms with E-state index in [1.807, 2.05) is 24.0 Å². The number of benzene rings is 1. The quantitative estimate of drug-likeness (QED) is 0.842. The maximum Gasteiger partial charge on any atom is 0.253 e. The first kappa shape index (κ1) is 15.3. The van der Waals surface area contributed by atoms with Crippen LogP contribution in [0.2, 0.25) is 0 Å². The molecule has 0 N–H and O–H groups in total. The lowest BCUT2D eigenvalue weighted by molar-refractivity contribution is 0.0563. The minimum atomic E-state index is 0.124. The molecule has 2 aliphatic heterocycles. The van der Waals surface area contributed by atoms with Crippen molar-refractivity contribution in [2.24, 2.45) is 0 Å². The van der Waals surface area contributed by atoms with E-state index < -0.39 is 0 Å². The van der Waals surface area contributed by atoms with E-state index in [1.165, 1.54) is 24.9 Å². The zero-order valence-electron chi connectivity index (χ0n) is 13.5. The van der Waals surface area contributed by atoms with Gasteiger partial charge in [-0.2, -0.15) is 0 Å². The molecule has 4 heteroatoms. The summed E-state index contributed by atoms with van der Waals surface area (Å²) in [5.41, 5.74) is 2.03. The second-order valence-electron chi connectivity index (χ2n) is 6.38. The van der Waals surface area contributed by atoms with Crippen LogP contribution in [0.1, 0.15) is 43.0 Å². The topological polar surface area (TPSA) is 32.8 Å². The van der Waals surface area contributed by atoms with Gasteiger partial charge in [-0.05, 0) is 56.9 Å². The first-order valence-corrected chi connectivity index (χ1v) is 8.50. The van der Waals surface area contributed by atoms with E-state index in [0.29, 0.717) is 6.54 Å². The van der Waals surface area contributed by atoms with E-state index in [0.717, 1.165) is 38.2 Å². The van der Waals surface area contributed by atoms with Crippen molar-refractivity contribution in [2.45, 2.75) is 38.7 Å². The van der Waals surface area contributed by atoms with Crippen LogP contribution in [0.3, 0.4) is 0 Å². The molecule has 1 atom stereocenters. The van der Waals surface area contributed by atoms with Crippen molar-refractivity contribution in [3.05, 3.63) is 29.8 Å². The van der Waals surface area contributed by atoms with Gasteiger partial charge in [0.2, 0.25) is 0 Å². The first-order chi connectivity index (χ1) is 10.7. The smallest absolute Gasteiger partial charge is 0.253 e. The van der Waals surface area contributed by atoms with Crippen molar-refractivity contribution in [1.29, 1.82) is 0 Å². The molecule has 120 valence electrons. The van der Waals surface area contributed by atoms with Gasteiger partial charge in [-0.3, -0.25) is 4.79 Å². The molecule has 0 spiro atoms. The van der Waals surface area contributed by atoms with Gasteiger partial charge >= 0.3 is 0 Å². The third kappa shape index (κ3) is 3.61. The zero-order chi connectivity index (χ0) is 15.4. The predicted molar refractivity (Wildman–Crippen MR) is 88.4 cm³/mol. The van der Waals surface area contributed by atoms with Crippen molar-refractivity contribution in [3.63, 3.8) is 0 Å². The van der Waals surface area contributed by atoms with Crippen molar-refractivity contribution < 1.29 is 9.53 Å². The predicted octanol–water partition coefficient (Wildman–Crippen LogP) is 2.93. The van der Waals surface area contributed by atoms with Crippen molar-refractivity contribution in [1.82, 2.24) is 4.90 Å². The number of rotatable bonds is 2. The number of piperidine rings is 1. The summed E-state index contributed by atoms with van der Waals surface area (Å²) in [7, 11) is 0. The number of nitrogens with zero attached hydrogens (tertiary/aromatic N) is 2. The highest BCUT2D eigenvalue weighted by Gasteiger charge is 2.21. The average Bonchev–Trinajstić information content (AvgIpc) is 2.80. The number of hydrogen-bond acceptors (Lipinski definition) is 3. The molecule has 0 saturated carbocycles. The minimum absolute atomic E-state index is 0.124. The molecule has 2 heterocycles. The molecule has 0 aromatic heterocycles. The van der Waals surface area contributed by atoms with Crippen LogP contribution in [0.25, 0.3) is 0 Å². The van der Waals surface area contributed by atoms with Crippen molar-refractivity contribution in [3.8, 4) is 0 Å². The van der Waals surface area contributed by atoms with Gasteiger partial charge in [0.15, 0.2) is 0 Å². The van der Waals surface area contributed by atoms with Crippen LogP contribution in [-0.2, 0) is 4.74 Å². The number of carbonyl (C=O) groups is 1. The summed E-state index contributed by atoms with van der Waals surface area (Å²) in [5.74, 6) is 0.127. The maximum absolute atomic E-state index is 12.6. The van der Waals surface area contributed by atoms with Crippen LogP contribution in [0.15, 0.2) is 24.3 Å². The first-order valence-electron chi connectivity index (χ1n) is 8.50. The number of amides is 1. The molecule has 2 aliphatic rings. The summed E-state index contributed by atoms with van der Waals surface area (Å²) < 4.78 is 5.62. The Morgan fingerprint density at radius 3 is 2.50 bits per heavy atom. The van der Waals surface area contributed by atoms with Crippen LogP contribution in [0.5, 0.6) is 0 Å². The zero-order valence-corrected chi connectivity index (χ0v) is 13.5. The lowest BCUT2D eigenvalue weighted by atomic mass is 10.1. The molecule has 0 bridgehead atoms. The van der Waals surface area contributed by atoms with E-state index in [9.17, 15) is 4.79 Å². The Morgan fingerprint density at radius 2 is 1.77 bits per heavy atom. The Balaban J connectivity index is 1.67. The molecule has 0 aliphatic carbocycles. The molecule has 3 rings (SSSR count). The molecule has 1 aromatic rings. The second kappa shape index (κ2) is 7.14. The molecule has 1 unspecified atom stereocenters. The van der Waals surface area contributed by atoms with Crippen molar-refractivity contribution in [2.75, 3.05) is 37.7 Å². The summed E-state index contributed by atoms with van der Waals surface area (Å²) in [4.78, 5) is 17.0. The van der Waals surface area contributed by atoms with Crippen LogP contribution >= 0.6 is 0 Å². The number of hydrogen-bond donors (Lipinski definition) is 0. The molecule has 1 amide bonds. The number of anilines is 1. The Hall–Kier alpha value is -1.55. The molecular formula is C18H26N2O2. The van der Waals surface area contributed by atoms with E-state index >= 15 is 0 Å². The average molecular weight is 302 g/mol. The Kier molecular flexibility index (Phi) is 4.98. The van der Waals surface area contributed by atoms with E-state index in [1.54, 1.807) is 0 Å². The molecule has 0 radical (unpaired) electrons. The molecule has 1 aromatic carbocycles. The summed E-state index contributed by atoms with van der Waals surface area (Å²) in [5, 5.41) is 0. The Bertz CT molecular complexity index is 494. The van der Waals surface area contributed by atoms with E-state index in [2.05, 4.69) is 17.0 Å². The number of carbonyl (C=O) groups excluding carboxylic acids is 1. The standard InChI is InChI=1S/C18H26N2O2/c1-15-14-20(12-5-13-22-15)18(21)16-6-8-17(9-7-16)19-10-3-2-4-11-19/h6-9,15H,2-5,10-14H2,1H3. The highest BCUT2D eigenvalue weighted by atomic mass is 16.5. The van der Waals surface area contributed by atoms with Gasteiger partial charge in [0.05, 0.1) is 6.10 Å². The van der Waals surface area contributed by atoms with Gasteiger partial charge in [-0.15, -0.1) is 0 Å². The highest BCUT2D eigenvalue weighted by molar-refractivity contribution is 5.94. The Morgan fingerprint density at radius 1 is 1.05 bits per heavy atom. The third-order valence-corrected chi connectivity index (χ3v) is 4.57. The van der Waals surface area contributed by atoms with Gasteiger partial charge in [-0.1, -0.05) is 0 Å². The minimum Gasteiger partial charge on any atom is -0.377 e. The van der Waals surface area contributed by atoms with Gasteiger partial charge in [-0.25, -0.2) is 0 Å². The largest absolute Gasteiger partial charge is 0.377 e. The van der Waals surface area contributed by atoms with Gasteiger partial charge in [0.1, 0.15) is 0 Å². The summed E-state index contributed by atoms with van der Waals surface area (Å²) >= 11 is 0. The van der Waals surface area contributed by atoms with Crippen molar-refractivity contribution >= 4 is 11.6 Å². The summed E-state index contributed by atoms with van der Waals surface area (Å²) in [6.07, 6.45) is 4.92. The van der Waals surface area contributed by atoms with Crippen LogP contribution < -0.4 is 4.90 Å². The summed E-state index contributed by atoms with van der Waals surface area (Å²) in [6.45, 7) is 6.52. The fourth-order valence-corrected chi connectivity index (χ4v) is 3.33. The Labute approximate surface area is 133 Å². The molecule has 2 saturated heterocycles. The van der Waals surface area contributed by atoms with Gasteiger partial charge < -0.3 is 14.5 Å². The lowest BCUT2D eigenvalue weighted by Crippen LogP contribution is -2.36. The molecule has 4 nitrogen and oxygen atoms in total. The van der Waals surface area contributed by atoms with Gasteiger partial charge in [0, 0.05) is 44.0 Å². The molecule has 22 heavy (non-hydrogen) atoms. The monoisotopic (exact) mass is 302 g/mol. The second-order valence-corrected chi connectivity index (χ2v) is 6.38. The van der Waals surface area contributed by atoms with Gasteiger partial charge in [0.25, 0.3) is 5.91 Å².